The second-order valence-electron chi connectivity index (χ2n) is 5.96. The lowest BCUT2D eigenvalue weighted by atomic mass is 9.96. The summed E-state index contributed by atoms with van der Waals surface area (Å²) < 4.78 is 24.1. The number of aromatic nitrogens is 1. The second-order valence-corrected chi connectivity index (χ2v) is 9.32. The number of benzene rings is 1. The van der Waals surface area contributed by atoms with Gasteiger partial charge in [0.15, 0.2) is 19.7 Å². The zero-order valence-corrected chi connectivity index (χ0v) is 15.9. The van der Waals surface area contributed by atoms with E-state index < -0.39 is 20.5 Å². The van der Waals surface area contributed by atoms with Gasteiger partial charge in [0.25, 0.3) is 0 Å². The fourth-order valence-electron chi connectivity index (χ4n) is 2.89. The molecule has 0 atom stereocenters. The van der Waals surface area contributed by atoms with E-state index in [4.69, 9.17) is 0 Å². The lowest BCUT2D eigenvalue weighted by Crippen LogP contribution is -2.55. The Bertz CT molecular complexity index is 858. The van der Waals surface area contributed by atoms with Gasteiger partial charge in [-0.1, -0.05) is 17.4 Å². The topological polar surface area (TPSA) is 88.2 Å². The Morgan fingerprint density at radius 1 is 1.33 bits per heavy atom. The van der Waals surface area contributed by atoms with Crippen molar-refractivity contribution in [2.75, 3.05) is 24.7 Å². The van der Waals surface area contributed by atoms with E-state index in [1.807, 2.05) is 25.1 Å². The molecular weight excluding hydrogens is 370 g/mol. The van der Waals surface area contributed by atoms with E-state index in [2.05, 4.69) is 15.6 Å². The predicted octanol–water partition coefficient (Wildman–Crippen LogP) is 2.13. The summed E-state index contributed by atoms with van der Waals surface area (Å²) in [5.41, 5.74) is 1.92. The van der Waals surface area contributed by atoms with Crippen molar-refractivity contribution in [2.24, 2.45) is 0 Å². The van der Waals surface area contributed by atoms with Gasteiger partial charge < -0.3 is 10.6 Å². The first-order valence-electron chi connectivity index (χ1n) is 7.41. The van der Waals surface area contributed by atoms with Crippen molar-refractivity contribution < 1.29 is 13.2 Å². The minimum absolute atomic E-state index is 0. The third kappa shape index (κ3) is 3.42. The molecule has 6 nitrogen and oxygen atoms in total. The number of fused-ring (bicyclic) bond motifs is 1. The summed E-state index contributed by atoms with van der Waals surface area (Å²) >= 11 is 1.36. The third-order valence-electron chi connectivity index (χ3n) is 4.30. The SMILES string of the molecule is Cc1ccc2nc(NC(=O)C3(S(C)(=O)=O)CCNCC3)sc2c1.Cl. The van der Waals surface area contributed by atoms with Crippen LogP contribution < -0.4 is 10.6 Å². The summed E-state index contributed by atoms with van der Waals surface area (Å²) in [7, 11) is -3.52. The molecule has 0 bridgehead atoms. The van der Waals surface area contributed by atoms with Crippen LogP contribution in [-0.4, -0.2) is 43.4 Å². The highest BCUT2D eigenvalue weighted by Gasteiger charge is 2.48. The van der Waals surface area contributed by atoms with Gasteiger partial charge in [0.1, 0.15) is 0 Å². The van der Waals surface area contributed by atoms with E-state index in [1.54, 1.807) is 0 Å². The third-order valence-corrected chi connectivity index (χ3v) is 7.25. The molecule has 0 spiro atoms. The van der Waals surface area contributed by atoms with Gasteiger partial charge in [-0.3, -0.25) is 4.79 Å². The molecule has 2 aromatic rings. The molecule has 1 fully saturated rings. The zero-order chi connectivity index (χ0) is 16.7. The first kappa shape index (κ1) is 19.1. The second kappa shape index (κ2) is 6.95. The molecule has 0 unspecified atom stereocenters. The number of anilines is 1. The summed E-state index contributed by atoms with van der Waals surface area (Å²) in [6.45, 7) is 3.02. The van der Waals surface area contributed by atoms with Crippen molar-refractivity contribution in [2.45, 2.75) is 24.5 Å². The Balaban J connectivity index is 0.00000208. The number of nitrogens with zero attached hydrogens (tertiary/aromatic N) is 1. The lowest BCUT2D eigenvalue weighted by Gasteiger charge is -2.33. The van der Waals surface area contributed by atoms with E-state index >= 15 is 0 Å². The molecular formula is C15H20ClN3O3S2. The Hall–Kier alpha value is -1.22. The molecule has 1 aromatic carbocycles. The largest absolute Gasteiger partial charge is 0.317 e. The van der Waals surface area contributed by atoms with Gasteiger partial charge in [-0.25, -0.2) is 13.4 Å². The molecule has 2 heterocycles. The van der Waals surface area contributed by atoms with E-state index in [9.17, 15) is 13.2 Å². The number of thiazole rings is 1. The van der Waals surface area contributed by atoms with Gasteiger partial charge in [-0.15, -0.1) is 12.4 Å². The van der Waals surface area contributed by atoms with Crippen LogP contribution in [0.1, 0.15) is 18.4 Å². The van der Waals surface area contributed by atoms with Gasteiger partial charge in [-0.2, -0.15) is 0 Å². The van der Waals surface area contributed by atoms with Crippen LogP contribution >= 0.6 is 23.7 Å². The molecule has 0 saturated carbocycles. The molecule has 1 aliphatic heterocycles. The number of rotatable bonds is 3. The summed E-state index contributed by atoms with van der Waals surface area (Å²) in [5, 5.41) is 6.27. The number of sulfone groups is 1. The molecule has 1 amide bonds. The normalized spacial score (nSPS) is 17.2. The molecule has 1 aromatic heterocycles. The maximum Gasteiger partial charge on any atom is 0.247 e. The quantitative estimate of drug-likeness (QED) is 0.839. The average Bonchev–Trinajstić information content (AvgIpc) is 2.88. The summed E-state index contributed by atoms with van der Waals surface area (Å²) in [5.74, 6) is -0.475. The minimum Gasteiger partial charge on any atom is -0.317 e. The highest BCUT2D eigenvalue weighted by atomic mass is 35.5. The fraction of sp³-hybridized carbons (Fsp3) is 0.467. The van der Waals surface area contributed by atoms with E-state index in [-0.39, 0.29) is 25.2 Å². The Labute approximate surface area is 151 Å². The molecule has 0 aliphatic carbocycles. The maximum absolute atomic E-state index is 12.7. The Morgan fingerprint density at radius 3 is 2.62 bits per heavy atom. The summed E-state index contributed by atoms with van der Waals surface area (Å²) in [6, 6.07) is 5.85. The number of halogens is 1. The lowest BCUT2D eigenvalue weighted by molar-refractivity contribution is -0.119. The highest BCUT2D eigenvalue weighted by molar-refractivity contribution is 7.92. The Morgan fingerprint density at radius 2 is 2.00 bits per heavy atom. The smallest absolute Gasteiger partial charge is 0.247 e. The van der Waals surface area contributed by atoms with E-state index in [0.717, 1.165) is 22.0 Å². The van der Waals surface area contributed by atoms with Crippen LogP contribution in [0.15, 0.2) is 18.2 Å². The van der Waals surface area contributed by atoms with Crippen LogP contribution in [0.5, 0.6) is 0 Å². The van der Waals surface area contributed by atoms with Crippen molar-refractivity contribution in [3.63, 3.8) is 0 Å². The van der Waals surface area contributed by atoms with Gasteiger partial charge in [0.05, 0.1) is 10.2 Å². The number of aryl methyl sites for hydroxylation is 1. The van der Waals surface area contributed by atoms with Crippen molar-refractivity contribution in [1.29, 1.82) is 0 Å². The maximum atomic E-state index is 12.7. The molecule has 132 valence electrons. The van der Waals surface area contributed by atoms with Crippen LogP contribution in [0, 0.1) is 6.92 Å². The molecule has 1 aliphatic rings. The predicted molar refractivity (Wildman–Crippen MR) is 99.9 cm³/mol. The Kier molecular flexibility index (Phi) is 5.54. The first-order chi connectivity index (χ1) is 10.8. The number of hydrogen-bond donors (Lipinski definition) is 2. The fourth-order valence-corrected chi connectivity index (χ4v) is 5.19. The highest BCUT2D eigenvalue weighted by Crippen LogP contribution is 2.32. The van der Waals surface area contributed by atoms with Gasteiger partial charge in [0, 0.05) is 6.26 Å². The number of hydrogen-bond acceptors (Lipinski definition) is 6. The van der Waals surface area contributed by atoms with Crippen molar-refractivity contribution in [1.82, 2.24) is 10.3 Å². The first-order valence-corrected chi connectivity index (χ1v) is 10.1. The van der Waals surface area contributed by atoms with Crippen LogP contribution in [0.3, 0.4) is 0 Å². The summed E-state index contributed by atoms with van der Waals surface area (Å²) in [4.78, 5) is 17.1. The monoisotopic (exact) mass is 389 g/mol. The van der Waals surface area contributed by atoms with E-state index in [1.165, 1.54) is 11.3 Å². The van der Waals surface area contributed by atoms with Crippen molar-refractivity contribution >= 4 is 54.8 Å². The van der Waals surface area contributed by atoms with Crippen LogP contribution in [0.25, 0.3) is 10.2 Å². The molecule has 0 radical (unpaired) electrons. The molecule has 9 heteroatoms. The van der Waals surface area contributed by atoms with E-state index in [0.29, 0.717) is 18.2 Å². The number of carbonyl (C=O) groups excluding carboxylic acids is 1. The number of amides is 1. The number of nitrogens with one attached hydrogen (secondary N) is 2. The molecule has 24 heavy (non-hydrogen) atoms. The van der Waals surface area contributed by atoms with Gasteiger partial charge in [-0.05, 0) is 50.6 Å². The van der Waals surface area contributed by atoms with Gasteiger partial charge in [0.2, 0.25) is 5.91 Å². The number of carbonyl (C=O) groups is 1. The van der Waals surface area contributed by atoms with Gasteiger partial charge >= 0.3 is 0 Å². The molecule has 1 saturated heterocycles. The number of piperidine rings is 1. The summed E-state index contributed by atoms with van der Waals surface area (Å²) in [6.07, 6.45) is 1.70. The molecule has 2 N–H and O–H groups in total. The standard InChI is InChI=1S/C15H19N3O3S2.ClH/c1-10-3-4-11-12(9-10)22-14(17-11)18-13(19)15(23(2,20)21)5-7-16-8-6-15;/h3-4,9,16H,5-8H2,1-2H3,(H,17,18,19);1H. The molecule has 3 rings (SSSR count). The van der Waals surface area contributed by atoms with Crippen LogP contribution in [-0.2, 0) is 14.6 Å². The van der Waals surface area contributed by atoms with Crippen LogP contribution in [0.4, 0.5) is 5.13 Å². The van der Waals surface area contributed by atoms with Crippen LogP contribution in [0.2, 0.25) is 0 Å². The zero-order valence-electron chi connectivity index (χ0n) is 13.5. The van der Waals surface area contributed by atoms with Crippen molar-refractivity contribution in [3.05, 3.63) is 23.8 Å². The minimum atomic E-state index is -3.52. The average molecular weight is 390 g/mol. The van der Waals surface area contributed by atoms with Crippen molar-refractivity contribution in [3.8, 4) is 0 Å².